The fourth-order valence-electron chi connectivity index (χ4n) is 3.51. The van der Waals surface area contributed by atoms with Gasteiger partial charge in [0.25, 0.3) is 5.91 Å². The normalized spacial score (nSPS) is 21.2. The zero-order valence-corrected chi connectivity index (χ0v) is 14.1. The molecule has 0 bridgehead atoms. The second-order valence-corrected chi connectivity index (χ2v) is 6.70. The fourth-order valence-corrected chi connectivity index (χ4v) is 3.51. The van der Waals surface area contributed by atoms with Gasteiger partial charge < -0.3 is 20.2 Å². The number of carbonyl (C=O) groups excluding carboxylic acids is 1. The number of nitrogens with zero attached hydrogens (tertiary/aromatic N) is 1. The van der Waals surface area contributed by atoms with Gasteiger partial charge in [0.1, 0.15) is 5.58 Å². The smallest absolute Gasteiger partial charge is 0.308 e. The summed E-state index contributed by atoms with van der Waals surface area (Å²) in [6.07, 6.45) is 0.385. The first-order valence-corrected chi connectivity index (χ1v) is 8.06. The summed E-state index contributed by atoms with van der Waals surface area (Å²) >= 11 is 0. The van der Waals surface area contributed by atoms with E-state index in [1.54, 1.807) is 0 Å². The van der Waals surface area contributed by atoms with E-state index in [9.17, 15) is 14.7 Å². The van der Waals surface area contributed by atoms with E-state index >= 15 is 0 Å². The molecule has 1 amide bonds. The van der Waals surface area contributed by atoms with Crippen LogP contribution in [0.25, 0.3) is 11.0 Å². The van der Waals surface area contributed by atoms with Crippen molar-refractivity contribution in [1.82, 2.24) is 4.90 Å². The summed E-state index contributed by atoms with van der Waals surface area (Å²) in [6, 6.07) is 3.63. The molecule has 6 nitrogen and oxygen atoms in total. The number of carboxylic acid groups (broad SMARTS) is 1. The summed E-state index contributed by atoms with van der Waals surface area (Å²) in [5.74, 6) is -1.56. The number of fused-ring (bicyclic) bond motifs is 1. The molecule has 0 aliphatic carbocycles. The molecule has 1 fully saturated rings. The number of likely N-dealkylation sites (tertiary alicyclic amines) is 1. The van der Waals surface area contributed by atoms with Crippen LogP contribution in [0.15, 0.2) is 16.5 Å². The monoisotopic (exact) mass is 330 g/mol. The molecule has 2 unspecified atom stereocenters. The Kier molecular flexibility index (Phi) is 4.09. The van der Waals surface area contributed by atoms with Crippen LogP contribution in [0.3, 0.4) is 0 Å². The van der Waals surface area contributed by atoms with E-state index in [0.717, 1.165) is 22.1 Å². The number of amides is 1. The summed E-state index contributed by atoms with van der Waals surface area (Å²) in [5.41, 5.74) is 9.47. The van der Waals surface area contributed by atoms with Gasteiger partial charge in [-0.2, -0.15) is 0 Å². The Morgan fingerprint density at radius 3 is 2.50 bits per heavy atom. The van der Waals surface area contributed by atoms with Crippen LogP contribution in [0.4, 0.5) is 0 Å². The van der Waals surface area contributed by atoms with Gasteiger partial charge in [-0.1, -0.05) is 12.1 Å². The average molecular weight is 330 g/mol. The van der Waals surface area contributed by atoms with Crippen molar-refractivity contribution in [3.05, 3.63) is 34.6 Å². The molecule has 0 radical (unpaired) electrons. The predicted molar refractivity (Wildman–Crippen MR) is 90.0 cm³/mol. The number of rotatable bonds is 2. The third-order valence-corrected chi connectivity index (χ3v) is 4.80. The van der Waals surface area contributed by atoms with E-state index in [1.807, 2.05) is 32.9 Å². The van der Waals surface area contributed by atoms with Gasteiger partial charge in [-0.15, -0.1) is 0 Å². The number of carboxylic acids is 1. The maximum Gasteiger partial charge on any atom is 0.308 e. The minimum atomic E-state index is -0.920. The quantitative estimate of drug-likeness (QED) is 0.880. The Bertz CT molecular complexity index is 824. The molecule has 1 saturated heterocycles. The van der Waals surface area contributed by atoms with E-state index in [-0.39, 0.29) is 24.3 Å². The van der Waals surface area contributed by atoms with Crippen LogP contribution in [0, 0.1) is 26.7 Å². The van der Waals surface area contributed by atoms with Crippen molar-refractivity contribution < 1.29 is 19.1 Å². The Hall–Kier alpha value is -2.34. The molecule has 2 heterocycles. The van der Waals surface area contributed by atoms with Crippen LogP contribution in [0.2, 0.25) is 0 Å². The van der Waals surface area contributed by atoms with Crippen molar-refractivity contribution in [2.45, 2.75) is 33.2 Å². The highest BCUT2D eigenvalue weighted by molar-refractivity contribution is 6.00. The van der Waals surface area contributed by atoms with E-state index in [4.69, 9.17) is 10.2 Å². The highest BCUT2D eigenvalue weighted by Crippen LogP contribution is 2.32. The Balaban J connectivity index is 2.00. The minimum Gasteiger partial charge on any atom is -0.481 e. The third-order valence-electron chi connectivity index (χ3n) is 4.80. The van der Waals surface area contributed by atoms with E-state index in [2.05, 4.69) is 0 Å². The van der Waals surface area contributed by atoms with Crippen LogP contribution in [-0.4, -0.2) is 41.0 Å². The Morgan fingerprint density at radius 1 is 1.21 bits per heavy atom. The molecular weight excluding hydrogens is 308 g/mol. The van der Waals surface area contributed by atoms with Gasteiger partial charge in [0.2, 0.25) is 0 Å². The molecule has 1 aliphatic heterocycles. The second kappa shape index (κ2) is 5.94. The number of piperidine rings is 1. The topological polar surface area (TPSA) is 96.8 Å². The van der Waals surface area contributed by atoms with Gasteiger partial charge >= 0.3 is 5.97 Å². The molecular formula is C18H22N2O4. The van der Waals surface area contributed by atoms with Gasteiger partial charge in [0.15, 0.2) is 5.76 Å². The summed E-state index contributed by atoms with van der Waals surface area (Å²) in [6.45, 7) is 6.30. The molecule has 1 aromatic heterocycles. The van der Waals surface area contributed by atoms with E-state index in [0.29, 0.717) is 18.5 Å². The number of nitrogens with two attached hydrogens (primary N) is 1. The van der Waals surface area contributed by atoms with Gasteiger partial charge in [0.05, 0.1) is 5.92 Å². The molecule has 0 saturated carbocycles. The van der Waals surface area contributed by atoms with Crippen LogP contribution >= 0.6 is 0 Å². The SMILES string of the molecule is Cc1ccc(C)c2c(C)c(C(=O)N3CC(N)CC(C(=O)O)C3)oc12. The fraction of sp³-hybridized carbons (Fsp3) is 0.444. The number of hydrogen-bond donors (Lipinski definition) is 2. The largest absolute Gasteiger partial charge is 0.481 e. The van der Waals surface area contributed by atoms with Crippen molar-refractivity contribution in [2.75, 3.05) is 13.1 Å². The summed E-state index contributed by atoms with van der Waals surface area (Å²) < 4.78 is 5.88. The van der Waals surface area contributed by atoms with Crippen molar-refractivity contribution in [3.63, 3.8) is 0 Å². The molecule has 3 N–H and O–H groups in total. The zero-order valence-electron chi connectivity index (χ0n) is 14.1. The first kappa shape index (κ1) is 16.5. The minimum absolute atomic E-state index is 0.163. The molecule has 128 valence electrons. The number of aliphatic carboxylic acids is 1. The molecule has 6 heteroatoms. The highest BCUT2D eigenvalue weighted by Gasteiger charge is 2.34. The third kappa shape index (κ3) is 2.67. The zero-order chi connectivity index (χ0) is 17.6. The maximum atomic E-state index is 12.9. The highest BCUT2D eigenvalue weighted by atomic mass is 16.4. The van der Waals surface area contributed by atoms with E-state index in [1.165, 1.54) is 4.90 Å². The number of carbonyl (C=O) groups is 2. The first-order valence-electron chi connectivity index (χ1n) is 8.06. The summed E-state index contributed by atoms with van der Waals surface area (Å²) in [5, 5.41) is 10.2. The Morgan fingerprint density at radius 2 is 1.88 bits per heavy atom. The van der Waals surface area contributed by atoms with Crippen molar-refractivity contribution >= 4 is 22.8 Å². The molecule has 2 aromatic rings. The van der Waals surface area contributed by atoms with Crippen molar-refractivity contribution in [3.8, 4) is 0 Å². The summed E-state index contributed by atoms with van der Waals surface area (Å²) in [7, 11) is 0. The van der Waals surface area contributed by atoms with Gasteiger partial charge in [-0.3, -0.25) is 9.59 Å². The lowest BCUT2D eigenvalue weighted by atomic mass is 9.94. The van der Waals surface area contributed by atoms with Crippen LogP contribution in [-0.2, 0) is 4.79 Å². The lowest BCUT2D eigenvalue weighted by Crippen LogP contribution is -2.51. The summed E-state index contributed by atoms with van der Waals surface area (Å²) in [4.78, 5) is 25.7. The van der Waals surface area contributed by atoms with E-state index < -0.39 is 11.9 Å². The number of benzene rings is 1. The van der Waals surface area contributed by atoms with Crippen molar-refractivity contribution in [1.29, 1.82) is 0 Å². The molecule has 1 aromatic carbocycles. The standard InChI is InChI=1S/C18H22N2O4/c1-9-4-5-10(2)15-14(9)11(3)16(24-15)17(21)20-7-12(18(22)23)6-13(19)8-20/h4-5,12-13H,6-8,19H2,1-3H3,(H,22,23). The lowest BCUT2D eigenvalue weighted by Gasteiger charge is -2.34. The molecule has 3 rings (SSSR count). The maximum absolute atomic E-state index is 12.9. The Labute approximate surface area is 140 Å². The van der Waals surface area contributed by atoms with Crippen LogP contribution in [0.5, 0.6) is 0 Å². The molecule has 24 heavy (non-hydrogen) atoms. The number of hydrogen-bond acceptors (Lipinski definition) is 4. The predicted octanol–water partition coefficient (Wildman–Crippen LogP) is 2.23. The van der Waals surface area contributed by atoms with Gasteiger partial charge in [-0.25, -0.2) is 0 Å². The molecule has 1 aliphatic rings. The second-order valence-electron chi connectivity index (χ2n) is 6.70. The molecule has 2 atom stereocenters. The number of furan rings is 1. The van der Waals surface area contributed by atoms with Gasteiger partial charge in [0, 0.05) is 30.1 Å². The lowest BCUT2D eigenvalue weighted by molar-refractivity contribution is -0.143. The van der Waals surface area contributed by atoms with Crippen LogP contribution < -0.4 is 5.73 Å². The number of aryl methyl sites for hydroxylation is 3. The van der Waals surface area contributed by atoms with Gasteiger partial charge in [-0.05, 0) is 38.3 Å². The molecule has 0 spiro atoms. The average Bonchev–Trinajstić information content (AvgIpc) is 2.88. The van der Waals surface area contributed by atoms with Crippen molar-refractivity contribution in [2.24, 2.45) is 11.7 Å². The first-order chi connectivity index (χ1) is 11.3. The van der Waals surface area contributed by atoms with Crippen LogP contribution in [0.1, 0.15) is 33.7 Å².